The van der Waals surface area contributed by atoms with Gasteiger partial charge in [0.15, 0.2) is 0 Å². The fourth-order valence-corrected chi connectivity index (χ4v) is 2.87. The van der Waals surface area contributed by atoms with Gasteiger partial charge in [0.1, 0.15) is 11.8 Å². The number of hydrogen-bond donors (Lipinski definition) is 0. The molecule has 0 N–H and O–H groups in total. The zero-order valence-electron chi connectivity index (χ0n) is 13.6. The Balaban J connectivity index is 1.75. The molecular formula is C19H20N2O3. The van der Waals surface area contributed by atoms with E-state index in [-0.39, 0.29) is 11.9 Å². The summed E-state index contributed by atoms with van der Waals surface area (Å²) in [6, 6.07) is 10.2. The highest BCUT2D eigenvalue weighted by atomic mass is 16.5. The number of hydrogen-bond acceptors (Lipinski definition) is 4. The minimum Gasteiger partial charge on any atom is -0.425 e. The van der Waals surface area contributed by atoms with E-state index in [9.17, 15) is 9.59 Å². The van der Waals surface area contributed by atoms with Gasteiger partial charge in [-0.15, -0.1) is 0 Å². The fraction of sp³-hybridized carbons (Fsp3) is 0.316. The summed E-state index contributed by atoms with van der Waals surface area (Å²) in [5, 5.41) is 0. The Hall–Kier alpha value is -2.69. The van der Waals surface area contributed by atoms with E-state index in [1.807, 2.05) is 19.1 Å². The Labute approximate surface area is 141 Å². The van der Waals surface area contributed by atoms with Crippen LogP contribution < -0.4 is 4.74 Å². The molecule has 1 aromatic heterocycles. The van der Waals surface area contributed by atoms with Crippen LogP contribution in [-0.2, 0) is 4.79 Å². The van der Waals surface area contributed by atoms with Crippen molar-refractivity contribution in [2.45, 2.75) is 32.2 Å². The van der Waals surface area contributed by atoms with Gasteiger partial charge in [0.25, 0.3) is 5.91 Å². The summed E-state index contributed by atoms with van der Waals surface area (Å²) in [7, 11) is 0. The van der Waals surface area contributed by atoms with E-state index in [1.165, 1.54) is 6.20 Å². The van der Waals surface area contributed by atoms with Crippen LogP contribution in [0.25, 0.3) is 0 Å². The van der Waals surface area contributed by atoms with Gasteiger partial charge in [-0.05, 0) is 50.5 Å². The van der Waals surface area contributed by atoms with Crippen molar-refractivity contribution in [1.29, 1.82) is 0 Å². The van der Waals surface area contributed by atoms with Crippen LogP contribution in [0.4, 0.5) is 0 Å². The predicted octanol–water partition coefficient (Wildman–Crippen LogP) is 2.99. The molecule has 1 aromatic carbocycles. The summed E-state index contributed by atoms with van der Waals surface area (Å²) in [4.78, 5) is 30.8. The van der Waals surface area contributed by atoms with Gasteiger partial charge < -0.3 is 9.64 Å². The van der Waals surface area contributed by atoms with Crippen molar-refractivity contribution in [3.63, 3.8) is 0 Å². The van der Waals surface area contributed by atoms with E-state index in [2.05, 4.69) is 4.98 Å². The van der Waals surface area contributed by atoms with Crippen molar-refractivity contribution in [1.82, 2.24) is 9.88 Å². The lowest BCUT2D eigenvalue weighted by atomic mass is 10.0. The number of piperidine rings is 1. The van der Waals surface area contributed by atoms with Gasteiger partial charge in [-0.2, -0.15) is 0 Å². The van der Waals surface area contributed by atoms with Crippen molar-refractivity contribution in [3.8, 4) is 5.75 Å². The van der Waals surface area contributed by atoms with Gasteiger partial charge in [0.05, 0.1) is 5.56 Å². The number of aryl methyl sites for hydroxylation is 1. The van der Waals surface area contributed by atoms with Crippen molar-refractivity contribution in [2.75, 3.05) is 6.54 Å². The molecule has 1 unspecified atom stereocenters. The van der Waals surface area contributed by atoms with Crippen LogP contribution >= 0.6 is 0 Å². The molecule has 24 heavy (non-hydrogen) atoms. The highest BCUT2D eigenvalue weighted by Gasteiger charge is 2.34. The molecule has 1 atom stereocenters. The molecule has 1 aliphatic rings. The first kappa shape index (κ1) is 16.2. The van der Waals surface area contributed by atoms with E-state index in [4.69, 9.17) is 4.74 Å². The summed E-state index contributed by atoms with van der Waals surface area (Å²) < 4.78 is 5.48. The van der Waals surface area contributed by atoms with Gasteiger partial charge in [-0.25, -0.2) is 4.79 Å². The number of amides is 1. The largest absolute Gasteiger partial charge is 0.425 e. The molecule has 0 radical (unpaired) electrons. The number of carbonyl (C=O) groups is 2. The van der Waals surface area contributed by atoms with E-state index in [0.717, 1.165) is 18.4 Å². The Morgan fingerprint density at radius 2 is 1.96 bits per heavy atom. The zero-order valence-corrected chi connectivity index (χ0v) is 13.6. The molecule has 0 spiro atoms. The molecule has 1 fully saturated rings. The van der Waals surface area contributed by atoms with E-state index in [0.29, 0.717) is 24.3 Å². The van der Waals surface area contributed by atoms with Gasteiger partial charge in [0.2, 0.25) is 0 Å². The van der Waals surface area contributed by atoms with Crippen molar-refractivity contribution >= 4 is 11.9 Å². The average Bonchev–Trinajstić information content (AvgIpc) is 2.63. The van der Waals surface area contributed by atoms with Crippen LogP contribution in [0, 0.1) is 6.92 Å². The second-order valence-corrected chi connectivity index (χ2v) is 5.99. The minimum absolute atomic E-state index is 0.173. The van der Waals surface area contributed by atoms with E-state index >= 15 is 0 Å². The van der Waals surface area contributed by atoms with Crippen LogP contribution in [0.3, 0.4) is 0 Å². The molecule has 5 nitrogen and oxygen atoms in total. The monoisotopic (exact) mass is 324 g/mol. The lowest BCUT2D eigenvalue weighted by Gasteiger charge is -2.34. The quantitative estimate of drug-likeness (QED) is 0.643. The topological polar surface area (TPSA) is 59.5 Å². The lowest BCUT2D eigenvalue weighted by Crippen LogP contribution is -2.49. The number of pyridine rings is 1. The van der Waals surface area contributed by atoms with Gasteiger partial charge in [-0.1, -0.05) is 17.7 Å². The summed E-state index contributed by atoms with van der Waals surface area (Å²) >= 11 is 0. The SMILES string of the molecule is Cc1ccc(OC(=O)C2CCCCN2C(=O)c2cccnc2)cc1. The van der Waals surface area contributed by atoms with Crippen LogP contribution in [-0.4, -0.2) is 34.3 Å². The predicted molar refractivity (Wildman–Crippen MR) is 89.7 cm³/mol. The number of aromatic nitrogens is 1. The highest BCUT2D eigenvalue weighted by Crippen LogP contribution is 2.22. The fourth-order valence-electron chi connectivity index (χ4n) is 2.87. The van der Waals surface area contributed by atoms with Gasteiger partial charge in [0, 0.05) is 18.9 Å². The number of nitrogens with zero attached hydrogens (tertiary/aromatic N) is 2. The molecular weight excluding hydrogens is 304 g/mol. The zero-order chi connectivity index (χ0) is 16.9. The maximum absolute atomic E-state index is 12.7. The third kappa shape index (κ3) is 3.62. The summed E-state index contributed by atoms with van der Waals surface area (Å²) in [6.45, 7) is 2.53. The molecule has 1 amide bonds. The Morgan fingerprint density at radius 3 is 2.67 bits per heavy atom. The van der Waals surface area contributed by atoms with Gasteiger partial charge >= 0.3 is 5.97 Å². The smallest absolute Gasteiger partial charge is 0.334 e. The summed E-state index contributed by atoms with van der Waals surface area (Å²) in [6.07, 6.45) is 5.57. The summed E-state index contributed by atoms with van der Waals surface area (Å²) in [5.74, 6) is -0.0469. The Bertz CT molecular complexity index is 713. The lowest BCUT2D eigenvalue weighted by molar-refractivity contribution is -0.140. The van der Waals surface area contributed by atoms with Crippen LogP contribution in [0.2, 0.25) is 0 Å². The number of ether oxygens (including phenoxy) is 1. The van der Waals surface area contributed by atoms with Crippen molar-refractivity contribution < 1.29 is 14.3 Å². The number of carbonyl (C=O) groups excluding carboxylic acids is 2. The molecule has 0 saturated carbocycles. The minimum atomic E-state index is -0.548. The second kappa shape index (κ2) is 7.25. The molecule has 124 valence electrons. The molecule has 1 saturated heterocycles. The number of benzene rings is 1. The Kier molecular flexibility index (Phi) is 4.89. The molecule has 0 bridgehead atoms. The maximum atomic E-state index is 12.7. The first-order valence-electron chi connectivity index (χ1n) is 8.14. The molecule has 1 aliphatic heterocycles. The molecule has 2 aromatic rings. The van der Waals surface area contributed by atoms with Crippen molar-refractivity contribution in [3.05, 3.63) is 59.9 Å². The first-order chi connectivity index (χ1) is 11.6. The van der Waals surface area contributed by atoms with E-state index < -0.39 is 6.04 Å². The standard InChI is InChI=1S/C19H20N2O3/c1-14-7-9-16(10-8-14)24-19(23)17-6-2-3-12-21(17)18(22)15-5-4-11-20-13-15/h4-5,7-11,13,17H,2-3,6,12H2,1H3. The molecule has 0 aliphatic carbocycles. The third-order valence-corrected chi connectivity index (χ3v) is 4.18. The summed E-state index contributed by atoms with van der Waals surface area (Å²) in [5.41, 5.74) is 1.59. The number of likely N-dealkylation sites (tertiary alicyclic amines) is 1. The highest BCUT2D eigenvalue weighted by molar-refractivity contribution is 5.96. The van der Waals surface area contributed by atoms with Crippen LogP contribution in [0.15, 0.2) is 48.8 Å². The maximum Gasteiger partial charge on any atom is 0.334 e. The van der Waals surface area contributed by atoms with Gasteiger partial charge in [-0.3, -0.25) is 9.78 Å². The number of esters is 1. The van der Waals surface area contributed by atoms with Crippen molar-refractivity contribution in [2.24, 2.45) is 0 Å². The van der Waals surface area contributed by atoms with Crippen LogP contribution in [0.5, 0.6) is 5.75 Å². The number of rotatable bonds is 3. The van der Waals surface area contributed by atoms with Crippen LogP contribution in [0.1, 0.15) is 35.2 Å². The molecule has 2 heterocycles. The molecule has 5 heteroatoms. The average molecular weight is 324 g/mol. The third-order valence-electron chi connectivity index (χ3n) is 4.18. The normalized spacial score (nSPS) is 17.4. The second-order valence-electron chi connectivity index (χ2n) is 5.99. The first-order valence-corrected chi connectivity index (χ1v) is 8.14. The molecule has 3 rings (SSSR count). The Morgan fingerprint density at radius 1 is 1.17 bits per heavy atom. The van der Waals surface area contributed by atoms with E-state index in [1.54, 1.807) is 35.4 Å².